The molecule has 4 heteroatoms. The molecule has 1 aliphatic rings. The number of benzene rings is 2. The van der Waals surface area contributed by atoms with Crippen molar-refractivity contribution < 1.29 is 14.9 Å². The molecule has 0 saturated carbocycles. The van der Waals surface area contributed by atoms with Gasteiger partial charge in [-0.05, 0) is 55.1 Å². The molecule has 2 unspecified atom stereocenters. The van der Waals surface area contributed by atoms with Crippen molar-refractivity contribution in [1.29, 1.82) is 0 Å². The number of hydrogen-bond donors (Lipinski definition) is 2. The topological polar surface area (TPSA) is 52.9 Å². The zero-order valence-corrected chi connectivity index (χ0v) is 15.0. The third kappa shape index (κ3) is 3.87. The minimum absolute atomic E-state index is 0.0683. The second-order valence-corrected chi connectivity index (χ2v) is 6.98. The minimum Gasteiger partial charge on any atom is -0.497 e. The van der Waals surface area contributed by atoms with Crippen LogP contribution in [-0.4, -0.2) is 34.8 Å². The highest BCUT2D eigenvalue weighted by molar-refractivity contribution is 5.32. The number of methoxy groups -OCH3 is 1. The first-order valence-electron chi connectivity index (χ1n) is 8.84. The molecule has 0 amide bonds. The summed E-state index contributed by atoms with van der Waals surface area (Å²) in [6.07, 6.45) is 2.07. The van der Waals surface area contributed by atoms with Crippen molar-refractivity contribution in [2.75, 3.05) is 13.7 Å². The Morgan fingerprint density at radius 2 is 1.72 bits per heavy atom. The molecule has 1 heterocycles. The predicted molar refractivity (Wildman–Crippen MR) is 98.4 cm³/mol. The summed E-state index contributed by atoms with van der Waals surface area (Å²) < 4.78 is 5.22. The second-order valence-electron chi connectivity index (χ2n) is 6.98. The fourth-order valence-corrected chi connectivity index (χ4v) is 3.76. The van der Waals surface area contributed by atoms with Gasteiger partial charge in [0, 0.05) is 12.6 Å². The summed E-state index contributed by atoms with van der Waals surface area (Å²) >= 11 is 0. The maximum atomic E-state index is 11.3. The zero-order chi connectivity index (χ0) is 17.9. The van der Waals surface area contributed by atoms with Gasteiger partial charge in [-0.15, -0.1) is 0 Å². The zero-order valence-electron chi connectivity index (χ0n) is 15.0. The van der Waals surface area contributed by atoms with E-state index in [0.29, 0.717) is 0 Å². The molecule has 0 bridgehead atoms. The molecule has 134 valence electrons. The van der Waals surface area contributed by atoms with E-state index < -0.39 is 5.60 Å². The molecule has 0 spiro atoms. The van der Waals surface area contributed by atoms with Gasteiger partial charge < -0.3 is 14.9 Å². The molecule has 0 aromatic heterocycles. The summed E-state index contributed by atoms with van der Waals surface area (Å²) in [5, 5.41) is 20.4. The molecule has 2 N–H and O–H groups in total. The Balaban J connectivity index is 1.76. The Hall–Kier alpha value is -1.88. The van der Waals surface area contributed by atoms with Crippen LogP contribution in [0.4, 0.5) is 0 Å². The number of likely N-dealkylation sites (tertiary alicyclic amines) is 1. The van der Waals surface area contributed by atoms with Crippen molar-refractivity contribution in [2.45, 2.75) is 44.6 Å². The number of ether oxygens (including phenoxy) is 1. The lowest BCUT2D eigenvalue weighted by Gasteiger charge is -2.37. The third-order valence-corrected chi connectivity index (χ3v) is 5.28. The van der Waals surface area contributed by atoms with Crippen molar-refractivity contribution in [3.63, 3.8) is 0 Å². The van der Waals surface area contributed by atoms with Crippen LogP contribution in [0, 0.1) is 0 Å². The molecule has 3 rings (SSSR count). The van der Waals surface area contributed by atoms with Gasteiger partial charge in [0.15, 0.2) is 0 Å². The van der Waals surface area contributed by atoms with E-state index in [1.165, 1.54) is 5.56 Å². The summed E-state index contributed by atoms with van der Waals surface area (Å²) in [6, 6.07) is 15.8. The Bertz CT molecular complexity index is 679. The van der Waals surface area contributed by atoms with Crippen LogP contribution in [0.5, 0.6) is 5.75 Å². The lowest BCUT2D eigenvalue weighted by molar-refractivity contribution is -0.0254. The molecule has 2 aromatic carbocycles. The van der Waals surface area contributed by atoms with Gasteiger partial charge >= 0.3 is 0 Å². The van der Waals surface area contributed by atoms with E-state index in [4.69, 9.17) is 4.74 Å². The molecular formula is C21H27NO3. The van der Waals surface area contributed by atoms with Crippen molar-refractivity contribution in [2.24, 2.45) is 0 Å². The third-order valence-electron chi connectivity index (χ3n) is 5.28. The van der Waals surface area contributed by atoms with Gasteiger partial charge in [-0.1, -0.05) is 36.4 Å². The number of hydrogen-bond acceptors (Lipinski definition) is 4. The van der Waals surface area contributed by atoms with Gasteiger partial charge in [-0.3, -0.25) is 4.90 Å². The van der Waals surface area contributed by atoms with Crippen molar-refractivity contribution in [3.05, 3.63) is 65.2 Å². The van der Waals surface area contributed by atoms with Crippen LogP contribution in [0.1, 0.15) is 36.5 Å². The van der Waals surface area contributed by atoms with Gasteiger partial charge in [0.25, 0.3) is 0 Å². The molecule has 1 saturated heterocycles. The molecular weight excluding hydrogens is 314 g/mol. The summed E-state index contributed by atoms with van der Waals surface area (Å²) in [5.74, 6) is 0.798. The molecule has 4 nitrogen and oxygen atoms in total. The van der Waals surface area contributed by atoms with Crippen LogP contribution in [0.15, 0.2) is 48.5 Å². The normalized spacial score (nSPS) is 20.4. The van der Waals surface area contributed by atoms with Crippen LogP contribution in [0.3, 0.4) is 0 Å². The highest BCUT2D eigenvalue weighted by Gasteiger charge is 2.40. The molecule has 2 aromatic rings. The lowest BCUT2D eigenvalue weighted by atomic mass is 9.86. The highest BCUT2D eigenvalue weighted by Crippen LogP contribution is 2.36. The fourth-order valence-electron chi connectivity index (χ4n) is 3.76. The van der Waals surface area contributed by atoms with Crippen LogP contribution in [0.2, 0.25) is 0 Å². The SMILES string of the molecule is COc1ccc(C(C)(O)C2CCCN2Cc2ccc(CO)cc2)cc1. The van der Waals surface area contributed by atoms with E-state index in [1.54, 1.807) is 7.11 Å². The largest absolute Gasteiger partial charge is 0.497 e. The predicted octanol–water partition coefficient (Wildman–Crippen LogP) is 3.06. The molecule has 1 fully saturated rings. The smallest absolute Gasteiger partial charge is 0.118 e. The van der Waals surface area contributed by atoms with E-state index in [2.05, 4.69) is 17.0 Å². The van der Waals surface area contributed by atoms with E-state index >= 15 is 0 Å². The maximum Gasteiger partial charge on any atom is 0.118 e. The summed E-state index contributed by atoms with van der Waals surface area (Å²) in [5.41, 5.74) is 2.13. The van der Waals surface area contributed by atoms with Gasteiger partial charge in [-0.2, -0.15) is 0 Å². The van der Waals surface area contributed by atoms with E-state index in [0.717, 1.165) is 42.8 Å². The maximum absolute atomic E-state index is 11.3. The quantitative estimate of drug-likeness (QED) is 0.848. The number of rotatable bonds is 6. The first kappa shape index (κ1) is 17.9. The van der Waals surface area contributed by atoms with Gasteiger partial charge in [-0.25, -0.2) is 0 Å². The molecule has 1 aliphatic heterocycles. The van der Waals surface area contributed by atoms with Crippen molar-refractivity contribution in [3.8, 4) is 5.75 Å². The molecule has 0 aliphatic carbocycles. The van der Waals surface area contributed by atoms with Crippen LogP contribution in [-0.2, 0) is 18.8 Å². The monoisotopic (exact) mass is 341 g/mol. The van der Waals surface area contributed by atoms with Gasteiger partial charge in [0.1, 0.15) is 11.4 Å². The van der Waals surface area contributed by atoms with E-state index in [1.807, 2.05) is 43.3 Å². The fraction of sp³-hybridized carbons (Fsp3) is 0.429. The Morgan fingerprint density at radius 1 is 1.08 bits per heavy atom. The van der Waals surface area contributed by atoms with Crippen LogP contribution < -0.4 is 4.74 Å². The molecule has 0 radical (unpaired) electrons. The Labute approximate surface area is 149 Å². The van der Waals surface area contributed by atoms with E-state index in [9.17, 15) is 10.2 Å². The molecule has 2 atom stereocenters. The van der Waals surface area contributed by atoms with Crippen LogP contribution >= 0.6 is 0 Å². The Kier molecular flexibility index (Phi) is 5.42. The van der Waals surface area contributed by atoms with Crippen molar-refractivity contribution in [1.82, 2.24) is 4.90 Å². The summed E-state index contributed by atoms with van der Waals surface area (Å²) in [7, 11) is 1.65. The average Bonchev–Trinajstić information content (AvgIpc) is 3.11. The lowest BCUT2D eigenvalue weighted by Crippen LogP contribution is -2.45. The number of nitrogens with zero attached hydrogens (tertiary/aromatic N) is 1. The number of aliphatic hydroxyl groups is 2. The summed E-state index contributed by atoms with van der Waals surface area (Å²) in [4.78, 5) is 2.36. The Morgan fingerprint density at radius 3 is 2.32 bits per heavy atom. The second kappa shape index (κ2) is 7.56. The average molecular weight is 341 g/mol. The number of aliphatic hydroxyl groups excluding tert-OH is 1. The standard InChI is InChI=1S/C21H27NO3/c1-21(24,18-9-11-19(25-2)12-10-18)20-4-3-13-22(20)14-16-5-7-17(15-23)8-6-16/h5-12,20,23-24H,3-4,13-15H2,1-2H3. The first-order chi connectivity index (χ1) is 12.0. The van der Waals surface area contributed by atoms with Gasteiger partial charge in [0.2, 0.25) is 0 Å². The molecule has 25 heavy (non-hydrogen) atoms. The summed E-state index contributed by atoms with van der Waals surface area (Å²) in [6.45, 7) is 3.77. The van der Waals surface area contributed by atoms with Crippen LogP contribution in [0.25, 0.3) is 0 Å². The first-order valence-corrected chi connectivity index (χ1v) is 8.84. The van der Waals surface area contributed by atoms with Gasteiger partial charge in [0.05, 0.1) is 13.7 Å². The highest BCUT2D eigenvalue weighted by atomic mass is 16.5. The van der Waals surface area contributed by atoms with Crippen molar-refractivity contribution >= 4 is 0 Å². The minimum atomic E-state index is -0.909. The van der Waals surface area contributed by atoms with E-state index in [-0.39, 0.29) is 12.6 Å².